The maximum absolute atomic E-state index is 11.2. The fourth-order valence-electron chi connectivity index (χ4n) is 1.10. The van der Waals surface area contributed by atoms with Gasteiger partial charge in [0.2, 0.25) is 0 Å². The predicted molar refractivity (Wildman–Crippen MR) is 71.0 cm³/mol. The van der Waals surface area contributed by atoms with Crippen molar-refractivity contribution in [3.05, 3.63) is 24.3 Å². The van der Waals surface area contributed by atoms with Crippen LogP contribution in [0.4, 0.5) is 0 Å². The van der Waals surface area contributed by atoms with Crippen molar-refractivity contribution in [1.29, 1.82) is 5.26 Å². The van der Waals surface area contributed by atoms with Gasteiger partial charge >= 0.3 is 0 Å². The van der Waals surface area contributed by atoms with E-state index in [1.807, 2.05) is 13.8 Å². The lowest BCUT2D eigenvalue weighted by atomic mass is 10.3. The number of nitriles is 1. The van der Waals surface area contributed by atoms with Crippen LogP contribution in [-0.4, -0.2) is 15.0 Å². The van der Waals surface area contributed by atoms with Gasteiger partial charge in [-0.05, 0) is 30.7 Å². The summed E-state index contributed by atoms with van der Waals surface area (Å²) >= 11 is 0. The molecule has 18 heavy (non-hydrogen) atoms. The van der Waals surface area contributed by atoms with Gasteiger partial charge in [-0.2, -0.15) is 5.26 Å². The van der Waals surface area contributed by atoms with Gasteiger partial charge in [-0.1, -0.05) is 27.2 Å². The molecule has 0 N–H and O–H groups in total. The monoisotopic (exact) mass is 269 g/mol. The van der Waals surface area contributed by atoms with Gasteiger partial charge in [0, 0.05) is 0 Å². The first-order chi connectivity index (χ1) is 8.60. The van der Waals surface area contributed by atoms with E-state index in [0.29, 0.717) is 12.4 Å². The Hall–Kier alpha value is -1.54. The van der Waals surface area contributed by atoms with Gasteiger partial charge in [-0.15, -0.1) is 0 Å². The number of hydrogen-bond donors (Lipinski definition) is 0. The zero-order valence-electron chi connectivity index (χ0n) is 11.0. The average Bonchev–Trinajstić information content (AvgIpc) is 2.42. The minimum absolute atomic E-state index is 0.00200. The molecule has 1 rings (SSSR count). The molecule has 0 heterocycles. The molecule has 1 aromatic carbocycles. The summed E-state index contributed by atoms with van der Waals surface area (Å²) < 4.78 is 27.7. The van der Waals surface area contributed by atoms with Crippen LogP contribution in [0.15, 0.2) is 29.2 Å². The van der Waals surface area contributed by atoms with Gasteiger partial charge in [0.05, 0.1) is 11.5 Å². The van der Waals surface area contributed by atoms with Crippen LogP contribution in [0.3, 0.4) is 0 Å². The topological polar surface area (TPSA) is 67.2 Å². The van der Waals surface area contributed by atoms with E-state index in [2.05, 4.69) is 6.92 Å². The Bertz CT molecular complexity index is 472. The molecule has 0 atom stereocenters. The van der Waals surface area contributed by atoms with Crippen molar-refractivity contribution >= 4 is 9.84 Å². The van der Waals surface area contributed by atoms with E-state index in [4.69, 9.17) is 10.00 Å². The van der Waals surface area contributed by atoms with E-state index in [1.165, 1.54) is 17.5 Å². The number of nitrogens with zero attached hydrogens (tertiary/aromatic N) is 1. The summed E-state index contributed by atoms with van der Waals surface area (Å²) in [7, 11) is -3.79. The van der Waals surface area contributed by atoms with Crippen LogP contribution in [0.5, 0.6) is 5.75 Å². The molecule has 5 heteroatoms. The smallest absolute Gasteiger partial charge is 0.269 e. The Balaban J connectivity index is 0.00000137. The first kappa shape index (κ1) is 16.5. The second kappa shape index (κ2) is 8.54. The lowest BCUT2D eigenvalue weighted by Gasteiger charge is -2.05. The Morgan fingerprint density at radius 1 is 1.22 bits per heavy atom. The maximum atomic E-state index is 11.2. The van der Waals surface area contributed by atoms with Crippen LogP contribution in [0.2, 0.25) is 0 Å². The van der Waals surface area contributed by atoms with Crippen LogP contribution >= 0.6 is 0 Å². The maximum Gasteiger partial charge on any atom is 0.269 e. The number of sulfone groups is 1. The molecule has 0 aliphatic rings. The first-order valence-electron chi connectivity index (χ1n) is 5.99. The summed E-state index contributed by atoms with van der Waals surface area (Å²) in [5.74, 6) is 0.616. The van der Waals surface area contributed by atoms with Gasteiger partial charge < -0.3 is 4.74 Å². The molecule has 0 aliphatic carbocycles. The van der Waals surface area contributed by atoms with Crippen LogP contribution in [0, 0.1) is 10.7 Å². The third-order valence-corrected chi connectivity index (χ3v) is 3.15. The summed E-state index contributed by atoms with van der Waals surface area (Å²) in [6, 6.07) is 5.86. The highest BCUT2D eigenvalue weighted by Crippen LogP contribution is 2.16. The largest absolute Gasteiger partial charge is 0.494 e. The van der Waals surface area contributed by atoms with Crippen LogP contribution in [-0.2, 0) is 9.84 Å². The van der Waals surface area contributed by atoms with Crippen molar-refractivity contribution in [1.82, 2.24) is 0 Å². The molecule has 0 amide bonds. The number of ether oxygens (including phenoxy) is 1. The number of benzene rings is 1. The van der Waals surface area contributed by atoms with Gasteiger partial charge in [-0.3, -0.25) is 0 Å². The molecule has 1 aromatic rings. The SMILES string of the molecule is CC.CCCCOc1ccc(S(=O)(=O)C#N)cc1. The number of unbranched alkanes of at least 4 members (excludes halogenated alkanes) is 1. The van der Waals surface area contributed by atoms with Crippen molar-refractivity contribution < 1.29 is 13.2 Å². The number of hydrogen-bond acceptors (Lipinski definition) is 4. The van der Waals surface area contributed by atoms with Crippen LogP contribution < -0.4 is 4.74 Å². The third kappa shape index (κ3) is 5.19. The highest BCUT2D eigenvalue weighted by Gasteiger charge is 2.11. The van der Waals surface area contributed by atoms with Crippen molar-refractivity contribution in [2.75, 3.05) is 6.61 Å². The quantitative estimate of drug-likeness (QED) is 0.468. The second-order valence-corrected chi connectivity index (χ2v) is 4.93. The van der Waals surface area contributed by atoms with E-state index in [0.717, 1.165) is 12.8 Å². The second-order valence-electron chi connectivity index (χ2n) is 3.27. The third-order valence-electron chi connectivity index (χ3n) is 2.02. The zero-order valence-corrected chi connectivity index (χ0v) is 11.8. The minimum atomic E-state index is -3.79. The fraction of sp³-hybridized carbons (Fsp3) is 0.462. The molecule has 0 fully saturated rings. The lowest BCUT2D eigenvalue weighted by Crippen LogP contribution is -1.98. The molecule has 100 valence electrons. The normalized spacial score (nSPS) is 9.89. The van der Waals surface area contributed by atoms with E-state index in [9.17, 15) is 8.42 Å². The molecule has 0 aromatic heterocycles. The van der Waals surface area contributed by atoms with Crippen LogP contribution in [0.1, 0.15) is 33.6 Å². The molecule has 4 nitrogen and oxygen atoms in total. The van der Waals surface area contributed by atoms with Gasteiger partial charge in [0.15, 0.2) is 5.40 Å². The Morgan fingerprint density at radius 3 is 2.22 bits per heavy atom. The standard InChI is InChI=1S/C11H13NO3S.C2H6/c1-2-3-8-15-10-4-6-11(7-5-10)16(13,14)9-12;1-2/h4-7H,2-3,8H2,1H3;1-2H3. The number of rotatable bonds is 5. The van der Waals surface area contributed by atoms with E-state index in [1.54, 1.807) is 12.1 Å². The minimum Gasteiger partial charge on any atom is -0.494 e. The summed E-state index contributed by atoms with van der Waals surface area (Å²) in [4.78, 5) is -0.00200. The molecule has 0 aliphatic heterocycles. The van der Waals surface area contributed by atoms with Crippen molar-refractivity contribution in [3.63, 3.8) is 0 Å². The Labute approximate surface area is 109 Å². The molecular weight excluding hydrogens is 250 g/mol. The van der Waals surface area contributed by atoms with Gasteiger partial charge in [-0.25, -0.2) is 8.42 Å². The molecule has 0 unspecified atom stereocenters. The zero-order chi connectivity index (χ0) is 14.0. The van der Waals surface area contributed by atoms with Gasteiger partial charge in [0.25, 0.3) is 9.84 Å². The Kier molecular flexibility index (Phi) is 7.81. The lowest BCUT2D eigenvalue weighted by molar-refractivity contribution is 0.309. The van der Waals surface area contributed by atoms with E-state index >= 15 is 0 Å². The van der Waals surface area contributed by atoms with Crippen molar-refractivity contribution in [2.45, 2.75) is 38.5 Å². The fourth-order valence-corrected chi connectivity index (χ4v) is 1.70. The highest BCUT2D eigenvalue weighted by molar-refractivity contribution is 7.95. The summed E-state index contributed by atoms with van der Waals surface area (Å²) in [6.07, 6.45) is 2.00. The highest BCUT2D eigenvalue weighted by atomic mass is 32.2. The van der Waals surface area contributed by atoms with Gasteiger partial charge in [0.1, 0.15) is 5.75 Å². The Morgan fingerprint density at radius 2 is 1.78 bits per heavy atom. The number of thiocyanates is 1. The van der Waals surface area contributed by atoms with E-state index < -0.39 is 9.84 Å². The molecule has 0 saturated carbocycles. The summed E-state index contributed by atoms with van der Waals surface area (Å²) in [6.45, 7) is 6.67. The van der Waals surface area contributed by atoms with Crippen molar-refractivity contribution in [3.8, 4) is 11.2 Å². The predicted octanol–water partition coefficient (Wildman–Crippen LogP) is 3.15. The molecule has 0 saturated heterocycles. The summed E-state index contributed by atoms with van der Waals surface area (Å²) in [5.41, 5.74) is 0. The molecule has 0 spiro atoms. The van der Waals surface area contributed by atoms with E-state index in [-0.39, 0.29) is 4.90 Å². The average molecular weight is 269 g/mol. The molecule has 0 radical (unpaired) electrons. The molecule has 0 bridgehead atoms. The summed E-state index contributed by atoms with van der Waals surface area (Å²) in [5, 5.41) is 9.68. The molecular formula is C13H19NO3S. The van der Waals surface area contributed by atoms with Crippen LogP contribution in [0.25, 0.3) is 0 Å². The van der Waals surface area contributed by atoms with Crippen molar-refractivity contribution in [2.24, 2.45) is 0 Å². The first-order valence-corrected chi connectivity index (χ1v) is 7.47.